The van der Waals surface area contributed by atoms with E-state index in [0.29, 0.717) is 22.2 Å². The number of anilines is 2. The first-order valence-corrected chi connectivity index (χ1v) is 10.8. The zero-order chi connectivity index (χ0) is 22.5. The summed E-state index contributed by atoms with van der Waals surface area (Å²) in [5, 5.41) is 11.9. The fraction of sp³-hybridized carbons (Fsp3) is 0.130. The van der Waals surface area contributed by atoms with Gasteiger partial charge in [-0.15, -0.1) is 10.2 Å². The Morgan fingerprint density at radius 2 is 1.81 bits per heavy atom. The number of thioether (sulfide) groups is 1. The number of nitrogens with one attached hydrogen (secondary N) is 1. The molecule has 0 aliphatic rings. The number of aromatic nitrogens is 4. The number of hydrogen-bond donors (Lipinski definition) is 1. The third-order valence-electron chi connectivity index (χ3n) is 4.69. The van der Waals surface area contributed by atoms with Gasteiger partial charge < -0.3 is 10.1 Å². The summed E-state index contributed by atoms with van der Waals surface area (Å²) < 4.78 is 8.40. The van der Waals surface area contributed by atoms with Crippen LogP contribution in [-0.2, 0) is 5.75 Å². The van der Waals surface area contributed by atoms with E-state index in [1.807, 2.05) is 36.4 Å². The van der Waals surface area contributed by atoms with Crippen LogP contribution in [-0.4, -0.2) is 32.4 Å². The van der Waals surface area contributed by atoms with Gasteiger partial charge in [0.05, 0.1) is 7.11 Å². The largest absolute Gasteiger partial charge is 0.497 e. The smallest absolute Gasteiger partial charge is 0.316 e. The lowest BCUT2D eigenvalue weighted by Crippen LogP contribution is -2.30. The fourth-order valence-corrected chi connectivity index (χ4v) is 3.90. The molecule has 0 aliphatic heterocycles. The molecule has 4 rings (SSSR count). The standard InChI is InChI=1S/C23H21N5O3S/c1-16(29)18-8-10-19(11-9-18)24-21-22(30)28(27-12-3-4-13-27)23(26-25-21)32-15-17-6-5-7-20(14-17)31-2/h3-14H,15H2,1-2H3,(H,24,25). The van der Waals surface area contributed by atoms with Crippen LogP contribution in [0.2, 0.25) is 0 Å². The number of hydrogen-bond acceptors (Lipinski definition) is 7. The van der Waals surface area contributed by atoms with E-state index in [1.165, 1.54) is 23.4 Å². The van der Waals surface area contributed by atoms with Crippen LogP contribution >= 0.6 is 11.8 Å². The van der Waals surface area contributed by atoms with Gasteiger partial charge in [0.2, 0.25) is 11.0 Å². The molecule has 0 atom stereocenters. The Kier molecular flexibility index (Phi) is 6.37. The molecule has 2 heterocycles. The second-order valence-corrected chi connectivity index (χ2v) is 7.85. The van der Waals surface area contributed by atoms with Gasteiger partial charge in [-0.3, -0.25) is 14.3 Å². The molecule has 0 saturated carbocycles. The molecule has 0 radical (unpaired) electrons. The van der Waals surface area contributed by atoms with Gasteiger partial charge in [-0.25, -0.2) is 0 Å². The van der Waals surface area contributed by atoms with Crippen LogP contribution in [0.5, 0.6) is 5.75 Å². The van der Waals surface area contributed by atoms with Crippen LogP contribution in [0.1, 0.15) is 22.8 Å². The van der Waals surface area contributed by atoms with Crippen molar-refractivity contribution in [3.63, 3.8) is 0 Å². The van der Waals surface area contributed by atoms with Crippen LogP contribution in [0, 0.1) is 0 Å². The Labute approximate surface area is 188 Å². The van der Waals surface area contributed by atoms with Gasteiger partial charge in [0.15, 0.2) is 5.78 Å². The zero-order valence-corrected chi connectivity index (χ0v) is 18.4. The minimum absolute atomic E-state index is 0.0243. The number of ketones is 1. The van der Waals surface area contributed by atoms with Crippen LogP contribution in [0.3, 0.4) is 0 Å². The van der Waals surface area contributed by atoms with E-state index in [0.717, 1.165) is 11.3 Å². The Balaban J connectivity index is 1.63. The van der Waals surface area contributed by atoms with Crippen molar-refractivity contribution in [2.75, 3.05) is 12.4 Å². The van der Waals surface area contributed by atoms with Crippen molar-refractivity contribution in [3.8, 4) is 5.75 Å². The number of carbonyl (C=O) groups is 1. The number of rotatable bonds is 8. The van der Waals surface area contributed by atoms with Crippen molar-refractivity contribution in [1.82, 2.24) is 19.5 Å². The van der Waals surface area contributed by atoms with Gasteiger partial charge in [0, 0.05) is 29.4 Å². The van der Waals surface area contributed by atoms with E-state index in [4.69, 9.17) is 4.74 Å². The first kappa shape index (κ1) is 21.4. The molecule has 32 heavy (non-hydrogen) atoms. The molecule has 162 valence electrons. The molecule has 0 bridgehead atoms. The lowest BCUT2D eigenvalue weighted by Gasteiger charge is -2.14. The summed E-state index contributed by atoms with van der Waals surface area (Å²) in [5.41, 5.74) is 1.92. The van der Waals surface area contributed by atoms with E-state index in [1.54, 1.807) is 48.4 Å². The normalized spacial score (nSPS) is 10.7. The summed E-state index contributed by atoms with van der Waals surface area (Å²) in [5.74, 6) is 1.42. The van der Waals surface area contributed by atoms with Crippen molar-refractivity contribution < 1.29 is 9.53 Å². The second kappa shape index (κ2) is 9.52. The highest BCUT2D eigenvalue weighted by Crippen LogP contribution is 2.23. The summed E-state index contributed by atoms with van der Waals surface area (Å²) in [6, 6.07) is 18.2. The number of methoxy groups -OCH3 is 1. The monoisotopic (exact) mass is 447 g/mol. The molecule has 8 nitrogen and oxygen atoms in total. The van der Waals surface area contributed by atoms with Crippen molar-refractivity contribution in [2.45, 2.75) is 17.8 Å². The molecule has 4 aromatic rings. The lowest BCUT2D eigenvalue weighted by molar-refractivity contribution is 0.101. The third-order valence-corrected chi connectivity index (χ3v) is 5.68. The SMILES string of the molecule is COc1cccc(CSc2nnc(Nc3ccc(C(C)=O)cc3)c(=O)n2-n2cccc2)c1. The average Bonchev–Trinajstić information content (AvgIpc) is 3.34. The summed E-state index contributed by atoms with van der Waals surface area (Å²) >= 11 is 1.40. The maximum Gasteiger partial charge on any atom is 0.316 e. The molecular weight excluding hydrogens is 426 g/mol. The summed E-state index contributed by atoms with van der Waals surface area (Å²) in [6.45, 7) is 1.51. The molecule has 0 unspecified atom stereocenters. The molecule has 0 aliphatic carbocycles. The molecule has 2 aromatic carbocycles. The molecule has 0 spiro atoms. The Hall–Kier alpha value is -3.85. The Morgan fingerprint density at radius 1 is 1.06 bits per heavy atom. The van der Waals surface area contributed by atoms with Crippen molar-refractivity contribution >= 4 is 29.1 Å². The molecule has 2 aromatic heterocycles. The van der Waals surface area contributed by atoms with Crippen LogP contribution in [0.4, 0.5) is 11.5 Å². The number of benzene rings is 2. The second-order valence-electron chi connectivity index (χ2n) is 6.91. The van der Waals surface area contributed by atoms with E-state index in [-0.39, 0.29) is 17.2 Å². The molecule has 0 amide bonds. The van der Waals surface area contributed by atoms with Crippen LogP contribution in [0.25, 0.3) is 0 Å². The molecule has 0 saturated heterocycles. The molecule has 1 N–H and O–H groups in total. The first-order chi connectivity index (χ1) is 15.5. The summed E-state index contributed by atoms with van der Waals surface area (Å²) in [4.78, 5) is 24.7. The zero-order valence-electron chi connectivity index (χ0n) is 17.6. The number of carbonyl (C=O) groups excluding carboxylic acids is 1. The van der Waals surface area contributed by atoms with E-state index in [2.05, 4.69) is 15.5 Å². The highest BCUT2D eigenvalue weighted by molar-refractivity contribution is 7.98. The van der Waals surface area contributed by atoms with Gasteiger partial charge in [-0.05, 0) is 61.0 Å². The third kappa shape index (κ3) is 4.73. The predicted molar refractivity (Wildman–Crippen MR) is 124 cm³/mol. The topological polar surface area (TPSA) is 91.0 Å². The minimum Gasteiger partial charge on any atom is -0.497 e. The van der Waals surface area contributed by atoms with E-state index < -0.39 is 0 Å². The minimum atomic E-state index is -0.347. The van der Waals surface area contributed by atoms with Crippen LogP contribution < -0.4 is 15.6 Å². The van der Waals surface area contributed by atoms with E-state index in [9.17, 15) is 9.59 Å². The quantitative estimate of drug-likeness (QED) is 0.322. The molecule has 0 fully saturated rings. The van der Waals surface area contributed by atoms with Gasteiger partial charge in [0.1, 0.15) is 5.75 Å². The van der Waals surface area contributed by atoms with Gasteiger partial charge in [-0.1, -0.05) is 23.9 Å². The van der Waals surface area contributed by atoms with Crippen molar-refractivity contribution in [1.29, 1.82) is 0 Å². The summed E-state index contributed by atoms with van der Waals surface area (Å²) in [7, 11) is 1.63. The average molecular weight is 448 g/mol. The lowest BCUT2D eigenvalue weighted by atomic mass is 10.1. The Bertz CT molecular complexity index is 1280. The predicted octanol–water partition coefficient (Wildman–Crippen LogP) is 4.00. The molecule has 9 heteroatoms. The van der Waals surface area contributed by atoms with Crippen LogP contribution in [0.15, 0.2) is 83.0 Å². The fourth-order valence-electron chi connectivity index (χ4n) is 3.03. The van der Waals surface area contributed by atoms with Crippen molar-refractivity contribution in [3.05, 3.63) is 94.5 Å². The maximum absolute atomic E-state index is 13.3. The number of ether oxygens (including phenoxy) is 1. The van der Waals surface area contributed by atoms with E-state index >= 15 is 0 Å². The molecular formula is C23H21N5O3S. The maximum atomic E-state index is 13.3. The van der Waals surface area contributed by atoms with Gasteiger partial charge in [-0.2, -0.15) is 4.68 Å². The van der Waals surface area contributed by atoms with Gasteiger partial charge >= 0.3 is 5.56 Å². The summed E-state index contributed by atoms with van der Waals surface area (Å²) in [6.07, 6.45) is 3.54. The number of nitrogens with zero attached hydrogens (tertiary/aromatic N) is 4. The van der Waals surface area contributed by atoms with Crippen molar-refractivity contribution in [2.24, 2.45) is 0 Å². The van der Waals surface area contributed by atoms with Gasteiger partial charge in [0.25, 0.3) is 0 Å². The highest BCUT2D eigenvalue weighted by atomic mass is 32.2. The first-order valence-electron chi connectivity index (χ1n) is 9.82. The number of Topliss-reactive ketones (excluding diaryl/α,β-unsaturated/α-hetero) is 1. The Morgan fingerprint density at radius 3 is 2.50 bits per heavy atom. The highest BCUT2D eigenvalue weighted by Gasteiger charge is 2.15.